The fourth-order valence-electron chi connectivity index (χ4n) is 2.71. The molecule has 1 fully saturated rings. The Balaban J connectivity index is 1.72. The van der Waals surface area contributed by atoms with E-state index in [1.807, 2.05) is 30.3 Å². The van der Waals surface area contributed by atoms with Crippen LogP contribution in [0.2, 0.25) is 0 Å². The average molecular weight is 327 g/mol. The Hall–Kier alpha value is -2.96. The van der Waals surface area contributed by atoms with Crippen LogP contribution < -0.4 is 10.6 Å². The molecule has 7 heteroatoms. The number of aromatic nitrogens is 1. The Morgan fingerprint density at radius 3 is 2.79 bits per heavy atom. The first-order chi connectivity index (χ1) is 11.5. The van der Waals surface area contributed by atoms with Gasteiger partial charge in [-0.3, -0.25) is 14.6 Å². The Morgan fingerprint density at radius 1 is 1.29 bits per heavy atom. The van der Waals surface area contributed by atoms with Crippen LogP contribution in [0.4, 0.5) is 0 Å². The monoisotopic (exact) mass is 327 g/mol. The molecule has 2 amide bonds. The maximum atomic E-state index is 12.1. The first kappa shape index (κ1) is 15.9. The van der Waals surface area contributed by atoms with Crippen molar-refractivity contribution in [2.45, 2.75) is 31.3 Å². The number of nitrogens with one attached hydrogen (secondary N) is 2. The van der Waals surface area contributed by atoms with Crippen molar-refractivity contribution < 1.29 is 19.5 Å². The van der Waals surface area contributed by atoms with Gasteiger partial charge in [-0.05, 0) is 18.6 Å². The Labute approximate surface area is 138 Å². The van der Waals surface area contributed by atoms with E-state index in [0.29, 0.717) is 12.1 Å². The third-order valence-corrected chi connectivity index (χ3v) is 4.00. The van der Waals surface area contributed by atoms with Crippen molar-refractivity contribution in [1.82, 2.24) is 15.6 Å². The van der Waals surface area contributed by atoms with E-state index >= 15 is 0 Å². The van der Waals surface area contributed by atoms with E-state index in [1.54, 1.807) is 6.07 Å². The Morgan fingerprint density at radius 2 is 2.08 bits per heavy atom. The predicted octanol–water partition coefficient (Wildman–Crippen LogP) is 0.625. The quantitative estimate of drug-likeness (QED) is 0.746. The molecule has 0 saturated carbocycles. The summed E-state index contributed by atoms with van der Waals surface area (Å²) in [4.78, 5) is 39.2. The number of carbonyl (C=O) groups excluding carboxylic acids is 2. The van der Waals surface area contributed by atoms with Gasteiger partial charge in [0.05, 0.1) is 5.52 Å². The third-order valence-electron chi connectivity index (χ3n) is 4.00. The minimum Gasteiger partial charge on any atom is -0.480 e. The zero-order chi connectivity index (χ0) is 17.1. The molecule has 0 radical (unpaired) electrons. The summed E-state index contributed by atoms with van der Waals surface area (Å²) in [6.07, 6.45) is 0.736. The molecule has 3 N–H and O–H groups in total. The fourth-order valence-corrected chi connectivity index (χ4v) is 2.71. The summed E-state index contributed by atoms with van der Waals surface area (Å²) in [7, 11) is 0. The molecule has 1 aliphatic heterocycles. The normalized spacial score (nSPS) is 18.2. The summed E-state index contributed by atoms with van der Waals surface area (Å²) in [6.45, 7) is 0. The number of fused-ring (bicyclic) bond motifs is 1. The van der Waals surface area contributed by atoms with Crippen LogP contribution in [-0.2, 0) is 20.8 Å². The highest BCUT2D eigenvalue weighted by molar-refractivity contribution is 5.92. The van der Waals surface area contributed by atoms with Gasteiger partial charge in [-0.15, -0.1) is 0 Å². The summed E-state index contributed by atoms with van der Waals surface area (Å²) >= 11 is 0. The minimum absolute atomic E-state index is 0.0760. The standard InChI is InChI=1S/C17H17N3O4/c21-15-8-7-13(19-15)16(22)20-14(17(23)24)9-11-6-5-10-3-1-2-4-12(10)18-11/h1-6,13-14H,7-9H2,(H,19,21)(H,20,22)(H,23,24)/t13-,14-/m1/s1. The molecule has 1 aromatic heterocycles. The second-order valence-corrected chi connectivity index (χ2v) is 5.76. The van der Waals surface area contributed by atoms with Crippen LogP contribution in [0.1, 0.15) is 18.5 Å². The number of nitrogens with zero attached hydrogens (tertiary/aromatic N) is 1. The lowest BCUT2D eigenvalue weighted by Gasteiger charge is -2.17. The van der Waals surface area contributed by atoms with Gasteiger partial charge >= 0.3 is 5.97 Å². The largest absolute Gasteiger partial charge is 0.480 e. The second kappa shape index (κ2) is 6.66. The zero-order valence-corrected chi connectivity index (χ0v) is 12.9. The molecule has 0 bridgehead atoms. The molecule has 2 atom stereocenters. The SMILES string of the molecule is O=C1CC[C@H](C(=O)N[C@H](Cc2ccc3ccccc3n2)C(=O)O)N1. The number of pyridine rings is 1. The van der Waals surface area contributed by atoms with E-state index in [2.05, 4.69) is 15.6 Å². The fraction of sp³-hybridized carbons (Fsp3) is 0.294. The van der Waals surface area contributed by atoms with Gasteiger partial charge in [0.1, 0.15) is 12.1 Å². The average Bonchev–Trinajstić information content (AvgIpc) is 3.00. The lowest BCUT2D eigenvalue weighted by Crippen LogP contribution is -2.49. The summed E-state index contributed by atoms with van der Waals surface area (Å²) in [5.74, 6) is -1.81. The number of benzene rings is 1. The topological polar surface area (TPSA) is 108 Å². The molecule has 124 valence electrons. The zero-order valence-electron chi connectivity index (χ0n) is 12.9. The molecule has 0 unspecified atom stereocenters. The number of carboxylic acid groups (broad SMARTS) is 1. The van der Waals surface area contributed by atoms with Gasteiger partial charge in [0.25, 0.3) is 0 Å². The van der Waals surface area contributed by atoms with Gasteiger partial charge in [-0.2, -0.15) is 0 Å². The van der Waals surface area contributed by atoms with E-state index in [1.165, 1.54) is 0 Å². The van der Waals surface area contributed by atoms with E-state index < -0.39 is 24.0 Å². The molecule has 1 aromatic carbocycles. The number of hydrogen-bond acceptors (Lipinski definition) is 4. The minimum atomic E-state index is -1.14. The smallest absolute Gasteiger partial charge is 0.326 e. The molecule has 7 nitrogen and oxygen atoms in total. The second-order valence-electron chi connectivity index (χ2n) is 5.76. The van der Waals surface area contributed by atoms with E-state index in [0.717, 1.165) is 10.9 Å². The highest BCUT2D eigenvalue weighted by Gasteiger charge is 2.30. The highest BCUT2D eigenvalue weighted by atomic mass is 16.4. The van der Waals surface area contributed by atoms with Gasteiger partial charge in [0.2, 0.25) is 11.8 Å². The van der Waals surface area contributed by atoms with Crippen LogP contribution in [0.25, 0.3) is 10.9 Å². The van der Waals surface area contributed by atoms with Gasteiger partial charge in [0, 0.05) is 23.9 Å². The van der Waals surface area contributed by atoms with Gasteiger partial charge in [-0.25, -0.2) is 4.79 Å². The van der Waals surface area contributed by atoms with E-state index in [4.69, 9.17) is 0 Å². The maximum Gasteiger partial charge on any atom is 0.326 e. The van der Waals surface area contributed by atoms with Crippen LogP contribution in [0.15, 0.2) is 36.4 Å². The number of aliphatic carboxylic acids is 1. The van der Waals surface area contributed by atoms with Crippen LogP contribution in [0.3, 0.4) is 0 Å². The molecule has 0 spiro atoms. The van der Waals surface area contributed by atoms with E-state index in [9.17, 15) is 19.5 Å². The van der Waals surface area contributed by atoms with Crippen LogP contribution in [0, 0.1) is 0 Å². The summed E-state index contributed by atoms with van der Waals surface area (Å²) in [5, 5.41) is 15.3. The number of rotatable bonds is 5. The van der Waals surface area contributed by atoms with Crippen molar-refractivity contribution in [2.75, 3.05) is 0 Å². The first-order valence-corrected chi connectivity index (χ1v) is 7.70. The summed E-state index contributed by atoms with van der Waals surface area (Å²) in [6, 6.07) is 9.40. The van der Waals surface area contributed by atoms with Gasteiger partial charge in [0.15, 0.2) is 0 Å². The highest BCUT2D eigenvalue weighted by Crippen LogP contribution is 2.13. The molecular formula is C17H17N3O4. The lowest BCUT2D eigenvalue weighted by molar-refractivity contribution is -0.142. The number of carbonyl (C=O) groups is 3. The Bertz CT molecular complexity index is 805. The third kappa shape index (κ3) is 3.51. The molecule has 2 aromatic rings. The van der Waals surface area contributed by atoms with Crippen molar-refractivity contribution in [1.29, 1.82) is 0 Å². The van der Waals surface area contributed by atoms with Gasteiger partial charge in [-0.1, -0.05) is 24.3 Å². The van der Waals surface area contributed by atoms with E-state index in [-0.39, 0.29) is 18.7 Å². The molecular weight excluding hydrogens is 310 g/mol. The lowest BCUT2D eigenvalue weighted by atomic mass is 10.1. The molecule has 2 heterocycles. The number of hydrogen-bond donors (Lipinski definition) is 3. The number of para-hydroxylation sites is 1. The van der Waals surface area contributed by atoms with Crippen molar-refractivity contribution in [3.05, 3.63) is 42.1 Å². The van der Waals surface area contributed by atoms with Crippen molar-refractivity contribution >= 4 is 28.7 Å². The van der Waals surface area contributed by atoms with Crippen molar-refractivity contribution in [2.24, 2.45) is 0 Å². The maximum absolute atomic E-state index is 12.1. The van der Waals surface area contributed by atoms with Crippen LogP contribution >= 0.6 is 0 Å². The molecule has 24 heavy (non-hydrogen) atoms. The molecule has 1 aliphatic rings. The van der Waals surface area contributed by atoms with Crippen molar-refractivity contribution in [3.8, 4) is 0 Å². The first-order valence-electron chi connectivity index (χ1n) is 7.70. The molecule has 0 aliphatic carbocycles. The summed E-state index contributed by atoms with van der Waals surface area (Å²) in [5.41, 5.74) is 1.35. The Kier molecular flexibility index (Phi) is 4.41. The van der Waals surface area contributed by atoms with Gasteiger partial charge < -0.3 is 15.7 Å². The van der Waals surface area contributed by atoms with Crippen LogP contribution in [-0.4, -0.2) is 40.0 Å². The molecule has 1 saturated heterocycles. The number of carboxylic acids is 1. The predicted molar refractivity (Wildman–Crippen MR) is 86.2 cm³/mol. The number of amides is 2. The summed E-state index contributed by atoms with van der Waals surface area (Å²) < 4.78 is 0. The molecule has 3 rings (SSSR count). The van der Waals surface area contributed by atoms with Crippen LogP contribution in [0.5, 0.6) is 0 Å². The van der Waals surface area contributed by atoms with Crippen molar-refractivity contribution in [3.63, 3.8) is 0 Å².